The molecule has 1 saturated carbocycles. The number of nitrogens with zero attached hydrogens (tertiary/aromatic N) is 2. The monoisotopic (exact) mass is 480 g/mol. The Bertz CT molecular complexity index is 966. The molecule has 1 aromatic carbocycles. The second-order valence-corrected chi connectivity index (χ2v) is 12.3. The maximum Gasteiger partial charge on any atom is 0.410 e. The number of carbonyl (C=O) groups is 2. The standard InChI is InChI=1S/C30H44N2O3/c1-20(2)17-27-26-18-23-9-7-8-10-24(23)25(26)15-16-32(27)28(33)22-13-11-21(12-14-22)19-31(6)29(34)35-30(3,4)5/h7-10,20-22,27H,11-19H2,1-6H3. The molecule has 2 amide bonds. The van der Waals surface area contributed by atoms with Gasteiger partial charge >= 0.3 is 6.09 Å². The third-order valence-electron chi connectivity index (χ3n) is 7.90. The molecule has 5 nitrogen and oxygen atoms in total. The molecule has 1 aromatic rings. The Kier molecular flexibility index (Phi) is 7.63. The number of rotatable bonds is 5. The molecule has 1 unspecified atom stereocenters. The van der Waals surface area contributed by atoms with E-state index in [1.807, 2.05) is 27.8 Å². The summed E-state index contributed by atoms with van der Waals surface area (Å²) in [5.74, 6) is 1.45. The summed E-state index contributed by atoms with van der Waals surface area (Å²) < 4.78 is 5.50. The number of amides is 2. The lowest BCUT2D eigenvalue weighted by Crippen LogP contribution is -2.48. The molecular formula is C30H44N2O3. The summed E-state index contributed by atoms with van der Waals surface area (Å²) in [6.07, 6.45) is 6.57. The van der Waals surface area contributed by atoms with E-state index < -0.39 is 5.60 Å². The molecule has 35 heavy (non-hydrogen) atoms. The van der Waals surface area contributed by atoms with Gasteiger partial charge in [-0.25, -0.2) is 4.79 Å². The van der Waals surface area contributed by atoms with Crippen molar-refractivity contribution in [3.8, 4) is 0 Å². The average molecular weight is 481 g/mol. The van der Waals surface area contributed by atoms with Crippen molar-refractivity contribution in [1.82, 2.24) is 9.80 Å². The molecule has 1 heterocycles. The largest absolute Gasteiger partial charge is 0.444 e. The zero-order chi connectivity index (χ0) is 25.3. The molecule has 2 aliphatic carbocycles. The highest BCUT2D eigenvalue weighted by atomic mass is 16.6. The average Bonchev–Trinajstić information content (AvgIpc) is 3.17. The topological polar surface area (TPSA) is 49.9 Å². The van der Waals surface area contributed by atoms with Crippen LogP contribution in [0.1, 0.15) is 84.3 Å². The van der Waals surface area contributed by atoms with Gasteiger partial charge in [0.05, 0.1) is 6.04 Å². The fourth-order valence-electron chi connectivity index (χ4n) is 6.25. The normalized spacial score (nSPS) is 24.3. The Morgan fingerprint density at radius 1 is 1.11 bits per heavy atom. The van der Waals surface area contributed by atoms with Crippen LogP contribution in [0.15, 0.2) is 29.8 Å². The van der Waals surface area contributed by atoms with Crippen LogP contribution < -0.4 is 0 Å². The van der Waals surface area contributed by atoms with Crippen molar-refractivity contribution in [3.05, 3.63) is 41.0 Å². The van der Waals surface area contributed by atoms with E-state index in [2.05, 4.69) is 43.0 Å². The van der Waals surface area contributed by atoms with Crippen molar-refractivity contribution >= 4 is 17.6 Å². The van der Waals surface area contributed by atoms with Crippen molar-refractivity contribution in [3.63, 3.8) is 0 Å². The number of carbonyl (C=O) groups excluding carboxylic acids is 2. The molecule has 0 saturated heterocycles. The Morgan fingerprint density at radius 2 is 1.80 bits per heavy atom. The van der Waals surface area contributed by atoms with Crippen molar-refractivity contribution in [2.45, 2.75) is 91.2 Å². The molecule has 192 valence electrons. The highest BCUT2D eigenvalue weighted by molar-refractivity contribution is 5.84. The van der Waals surface area contributed by atoms with E-state index in [1.165, 1.54) is 22.3 Å². The molecule has 1 aliphatic heterocycles. The summed E-state index contributed by atoms with van der Waals surface area (Å²) in [5.41, 5.74) is 5.36. The molecule has 4 rings (SSSR count). The Hall–Kier alpha value is -2.30. The van der Waals surface area contributed by atoms with Gasteiger partial charge in [0, 0.05) is 26.1 Å². The second kappa shape index (κ2) is 10.4. The minimum absolute atomic E-state index is 0.110. The van der Waals surface area contributed by atoms with Gasteiger partial charge in [0.2, 0.25) is 5.91 Å². The van der Waals surface area contributed by atoms with Crippen LogP contribution in [0.2, 0.25) is 0 Å². The zero-order valence-corrected chi connectivity index (χ0v) is 22.6. The van der Waals surface area contributed by atoms with Crippen LogP contribution >= 0.6 is 0 Å². The third kappa shape index (κ3) is 5.92. The minimum Gasteiger partial charge on any atom is -0.444 e. The Morgan fingerprint density at radius 3 is 2.46 bits per heavy atom. The quantitative estimate of drug-likeness (QED) is 0.496. The van der Waals surface area contributed by atoms with Gasteiger partial charge in [0.25, 0.3) is 0 Å². The predicted octanol–water partition coefficient (Wildman–Crippen LogP) is 6.32. The van der Waals surface area contributed by atoms with Crippen molar-refractivity contribution in [1.29, 1.82) is 0 Å². The van der Waals surface area contributed by atoms with Crippen molar-refractivity contribution in [2.75, 3.05) is 20.1 Å². The molecule has 1 fully saturated rings. The number of fused-ring (bicyclic) bond motifs is 2. The first kappa shape index (κ1) is 25.8. The highest BCUT2D eigenvalue weighted by Gasteiger charge is 2.39. The maximum absolute atomic E-state index is 13.8. The van der Waals surface area contributed by atoms with Crippen LogP contribution in [0.3, 0.4) is 0 Å². The Labute approximate surface area is 211 Å². The molecular weight excluding hydrogens is 436 g/mol. The van der Waals surface area contributed by atoms with Gasteiger partial charge in [0.15, 0.2) is 0 Å². The van der Waals surface area contributed by atoms with Crippen LogP contribution in [0.5, 0.6) is 0 Å². The summed E-state index contributed by atoms with van der Waals surface area (Å²) in [4.78, 5) is 30.1. The highest BCUT2D eigenvalue weighted by Crippen LogP contribution is 2.43. The minimum atomic E-state index is -0.480. The number of ether oxygens (including phenoxy) is 1. The number of benzene rings is 1. The van der Waals surface area contributed by atoms with Crippen molar-refractivity contribution in [2.24, 2.45) is 17.8 Å². The van der Waals surface area contributed by atoms with Gasteiger partial charge in [-0.15, -0.1) is 0 Å². The smallest absolute Gasteiger partial charge is 0.410 e. The Balaban J connectivity index is 1.38. The lowest BCUT2D eigenvalue weighted by Gasteiger charge is -2.41. The predicted molar refractivity (Wildman–Crippen MR) is 141 cm³/mol. The van der Waals surface area contributed by atoms with Crippen LogP contribution in [0.4, 0.5) is 4.79 Å². The summed E-state index contributed by atoms with van der Waals surface area (Å²) >= 11 is 0. The fraction of sp³-hybridized carbons (Fsp3) is 0.667. The molecule has 0 bridgehead atoms. The molecule has 0 N–H and O–H groups in total. The van der Waals surface area contributed by atoms with E-state index in [1.54, 1.807) is 4.90 Å². The van der Waals surface area contributed by atoms with Crippen molar-refractivity contribution < 1.29 is 14.3 Å². The maximum atomic E-state index is 13.8. The van der Waals surface area contributed by atoms with Gasteiger partial charge < -0.3 is 14.5 Å². The molecule has 0 aromatic heterocycles. The van der Waals surface area contributed by atoms with Crippen LogP contribution in [-0.2, 0) is 16.0 Å². The van der Waals surface area contributed by atoms with E-state index >= 15 is 0 Å². The van der Waals surface area contributed by atoms with Crippen LogP contribution in [0.25, 0.3) is 5.57 Å². The fourth-order valence-corrected chi connectivity index (χ4v) is 6.25. The first-order valence-corrected chi connectivity index (χ1v) is 13.6. The summed E-state index contributed by atoms with van der Waals surface area (Å²) in [6, 6.07) is 9.02. The lowest BCUT2D eigenvalue weighted by atomic mass is 9.80. The van der Waals surface area contributed by atoms with Gasteiger partial charge in [-0.1, -0.05) is 38.1 Å². The van der Waals surface area contributed by atoms with E-state index in [9.17, 15) is 9.59 Å². The van der Waals surface area contributed by atoms with E-state index in [-0.39, 0.29) is 18.1 Å². The molecule has 3 aliphatic rings. The summed E-state index contributed by atoms with van der Waals surface area (Å²) in [7, 11) is 1.82. The van der Waals surface area contributed by atoms with E-state index in [0.29, 0.717) is 24.3 Å². The third-order valence-corrected chi connectivity index (χ3v) is 7.90. The van der Waals surface area contributed by atoms with E-state index in [4.69, 9.17) is 4.74 Å². The summed E-state index contributed by atoms with van der Waals surface area (Å²) in [5, 5.41) is 0. The van der Waals surface area contributed by atoms with Gasteiger partial charge in [-0.2, -0.15) is 0 Å². The first-order valence-electron chi connectivity index (χ1n) is 13.6. The van der Waals surface area contributed by atoms with Gasteiger partial charge in [-0.3, -0.25) is 4.79 Å². The first-order chi connectivity index (χ1) is 16.5. The molecule has 1 atom stereocenters. The van der Waals surface area contributed by atoms with E-state index in [0.717, 1.165) is 51.5 Å². The van der Waals surface area contributed by atoms with Gasteiger partial charge in [-0.05, 0) is 99.8 Å². The summed E-state index contributed by atoms with van der Waals surface area (Å²) in [6.45, 7) is 11.8. The van der Waals surface area contributed by atoms with Crippen LogP contribution in [-0.4, -0.2) is 53.6 Å². The van der Waals surface area contributed by atoms with Gasteiger partial charge in [0.1, 0.15) is 5.60 Å². The molecule has 0 radical (unpaired) electrons. The number of hydrogen-bond acceptors (Lipinski definition) is 3. The SMILES string of the molecule is CC(C)CC1C2=C(CCN1C(=O)C1CCC(CN(C)C(=O)OC(C)(C)C)CC1)c1ccccc1C2. The number of hydrogen-bond donors (Lipinski definition) is 0. The van der Waals surface area contributed by atoms with Crippen LogP contribution in [0, 0.1) is 17.8 Å². The zero-order valence-electron chi connectivity index (χ0n) is 22.6. The lowest BCUT2D eigenvalue weighted by molar-refractivity contribution is -0.139. The second-order valence-electron chi connectivity index (χ2n) is 12.3. The molecule has 0 spiro atoms. The molecule has 5 heteroatoms.